The van der Waals surface area contributed by atoms with E-state index in [0.717, 1.165) is 18.4 Å². The van der Waals surface area contributed by atoms with Gasteiger partial charge in [-0.05, 0) is 42.1 Å². The normalized spacial score (nSPS) is 13.2. The molecule has 0 heterocycles. The zero-order valence-corrected chi connectivity index (χ0v) is 19.2. The van der Waals surface area contributed by atoms with Crippen LogP contribution in [0.2, 0.25) is 18.1 Å². The Morgan fingerprint density at radius 1 is 1.15 bits per heavy atom. The average Bonchev–Trinajstić information content (AvgIpc) is 2.58. The molecule has 0 bridgehead atoms. The van der Waals surface area contributed by atoms with Crippen molar-refractivity contribution in [3.05, 3.63) is 59.7 Å². The average molecular weight is 388 g/mol. The summed E-state index contributed by atoms with van der Waals surface area (Å²) in [6, 6.07) is 10.5. The van der Waals surface area contributed by atoms with Crippen molar-refractivity contribution in [3.8, 4) is 0 Å². The Morgan fingerprint density at radius 2 is 1.78 bits per heavy atom. The Hall–Kier alpha value is -1.65. The summed E-state index contributed by atoms with van der Waals surface area (Å²) in [5.41, 5.74) is 2.36. The summed E-state index contributed by atoms with van der Waals surface area (Å²) in [7, 11) is 1.81. The van der Waals surface area contributed by atoms with Gasteiger partial charge in [0.2, 0.25) is 5.91 Å². The summed E-state index contributed by atoms with van der Waals surface area (Å²) in [5, 5.41) is 0.186. The van der Waals surface area contributed by atoms with Gasteiger partial charge < -0.3 is 9.33 Å². The van der Waals surface area contributed by atoms with E-state index in [1.807, 2.05) is 6.07 Å². The molecule has 0 atom stereocenters. The zero-order valence-electron chi connectivity index (χ0n) is 18.2. The molecule has 0 unspecified atom stereocenters. The maximum Gasteiger partial charge on any atom is 0.226 e. The maximum atomic E-state index is 12.1. The van der Waals surface area contributed by atoms with E-state index in [0.29, 0.717) is 13.0 Å². The minimum atomic E-state index is -1.78. The predicted octanol–water partition coefficient (Wildman–Crippen LogP) is 5.60. The van der Waals surface area contributed by atoms with Crippen LogP contribution in [0.4, 0.5) is 0 Å². The third kappa shape index (κ3) is 8.72. The van der Waals surface area contributed by atoms with Crippen LogP contribution in [0.3, 0.4) is 0 Å². The molecule has 4 heteroatoms. The van der Waals surface area contributed by atoms with Crippen molar-refractivity contribution in [3.63, 3.8) is 0 Å². The molecule has 0 radical (unpaired) electrons. The van der Waals surface area contributed by atoms with Crippen LogP contribution in [0.25, 0.3) is 0 Å². The van der Waals surface area contributed by atoms with Crippen LogP contribution >= 0.6 is 0 Å². The lowest BCUT2D eigenvalue weighted by Gasteiger charge is -2.35. The van der Waals surface area contributed by atoms with Gasteiger partial charge in [0.1, 0.15) is 0 Å². The molecule has 0 aliphatic rings. The lowest BCUT2D eigenvalue weighted by molar-refractivity contribution is -0.127. The van der Waals surface area contributed by atoms with Crippen LogP contribution < -0.4 is 0 Å². The smallest absolute Gasteiger partial charge is 0.226 e. The molecule has 0 spiro atoms. The molecule has 0 saturated carbocycles. The highest BCUT2D eigenvalue weighted by molar-refractivity contribution is 6.74. The molecule has 1 amide bonds. The van der Waals surface area contributed by atoms with Gasteiger partial charge in [-0.2, -0.15) is 0 Å². The molecule has 0 fully saturated rings. The van der Waals surface area contributed by atoms with Crippen LogP contribution in [0, 0.1) is 0 Å². The number of aryl methyl sites for hydroxylation is 1. The second-order valence-corrected chi connectivity index (χ2v) is 13.6. The van der Waals surface area contributed by atoms with Crippen molar-refractivity contribution in [1.29, 1.82) is 0 Å². The molecule has 150 valence electrons. The van der Waals surface area contributed by atoms with E-state index in [9.17, 15) is 4.79 Å². The maximum absolute atomic E-state index is 12.1. The van der Waals surface area contributed by atoms with E-state index in [1.165, 1.54) is 5.56 Å². The second kappa shape index (κ2) is 10.6. The highest BCUT2D eigenvalue weighted by Crippen LogP contribution is 2.36. The van der Waals surface area contributed by atoms with Crippen molar-refractivity contribution < 1.29 is 9.22 Å². The molecule has 0 aromatic heterocycles. The number of amides is 1. The van der Waals surface area contributed by atoms with Crippen LogP contribution in [-0.2, 0) is 15.6 Å². The highest BCUT2D eigenvalue weighted by atomic mass is 28.4. The van der Waals surface area contributed by atoms with Crippen molar-refractivity contribution in [2.24, 2.45) is 0 Å². The molecular formula is C23H37NO2Si. The summed E-state index contributed by atoms with van der Waals surface area (Å²) in [6.07, 6.45) is 8.69. The van der Waals surface area contributed by atoms with E-state index < -0.39 is 8.32 Å². The second-order valence-electron chi connectivity index (χ2n) is 8.74. The number of nitrogens with zero attached hydrogens (tertiary/aromatic N) is 1. The van der Waals surface area contributed by atoms with Gasteiger partial charge in [-0.3, -0.25) is 4.79 Å². The van der Waals surface area contributed by atoms with Gasteiger partial charge in [0.05, 0.1) is 13.0 Å². The van der Waals surface area contributed by atoms with E-state index in [2.05, 4.69) is 76.4 Å². The fourth-order valence-electron chi connectivity index (χ4n) is 2.23. The molecular weight excluding hydrogens is 350 g/mol. The number of benzene rings is 1. The van der Waals surface area contributed by atoms with Crippen LogP contribution in [0.5, 0.6) is 0 Å². The monoisotopic (exact) mass is 387 g/mol. The Labute approximate surface area is 167 Å². The number of carbonyl (C=O) groups excluding carboxylic acids is 1. The van der Waals surface area contributed by atoms with Gasteiger partial charge in [0, 0.05) is 14.1 Å². The first-order valence-electron chi connectivity index (χ1n) is 9.76. The van der Waals surface area contributed by atoms with E-state index in [1.54, 1.807) is 19.0 Å². The van der Waals surface area contributed by atoms with Crippen molar-refractivity contribution in [2.75, 3.05) is 20.7 Å². The summed E-state index contributed by atoms with van der Waals surface area (Å²) in [5.74, 6) is 0.112. The molecule has 3 nitrogen and oxygen atoms in total. The molecule has 1 aromatic rings. The van der Waals surface area contributed by atoms with Crippen LogP contribution in [-0.4, -0.2) is 39.8 Å². The number of hydrogen-bond acceptors (Lipinski definition) is 2. The predicted molar refractivity (Wildman–Crippen MR) is 118 cm³/mol. The quantitative estimate of drug-likeness (QED) is 0.407. The van der Waals surface area contributed by atoms with E-state index in [4.69, 9.17) is 4.43 Å². The fraction of sp³-hybridized carbons (Fsp3) is 0.522. The standard InChI is InChI=1S/C23H37NO2Si/c1-23(2,3)27(6,7)26-18-17-21(19-22(25)24(4)5)16-12-11-15-20-13-9-8-10-14-20/h8-10,12-14,16-17H,11,15,18-19H2,1-7H3/b16-12+,21-17+. The van der Waals surface area contributed by atoms with Crippen molar-refractivity contribution >= 4 is 14.2 Å². The zero-order chi connectivity index (χ0) is 20.5. The largest absolute Gasteiger partial charge is 0.413 e. The number of carbonyl (C=O) groups is 1. The SMILES string of the molecule is CN(C)C(=O)CC(=C/CO[Si](C)(C)C(C)(C)C)/C=C/CCc1ccccc1. The van der Waals surface area contributed by atoms with E-state index >= 15 is 0 Å². The summed E-state index contributed by atoms with van der Waals surface area (Å²) >= 11 is 0. The highest BCUT2D eigenvalue weighted by Gasteiger charge is 2.36. The van der Waals surface area contributed by atoms with Crippen LogP contribution in [0.1, 0.15) is 39.2 Å². The molecule has 0 aliphatic heterocycles. The Kier molecular flexibility index (Phi) is 9.20. The van der Waals surface area contributed by atoms with Gasteiger partial charge in [0.25, 0.3) is 0 Å². The third-order valence-electron chi connectivity index (χ3n) is 5.22. The Bertz CT molecular complexity index is 640. The van der Waals surface area contributed by atoms with Crippen LogP contribution in [0.15, 0.2) is 54.1 Å². The summed E-state index contributed by atoms with van der Waals surface area (Å²) < 4.78 is 6.25. The first kappa shape index (κ1) is 23.4. The number of rotatable bonds is 9. The lowest BCUT2D eigenvalue weighted by atomic mass is 10.1. The lowest BCUT2D eigenvalue weighted by Crippen LogP contribution is -2.40. The Balaban J connectivity index is 2.71. The van der Waals surface area contributed by atoms with Gasteiger partial charge in [-0.15, -0.1) is 0 Å². The van der Waals surface area contributed by atoms with Gasteiger partial charge >= 0.3 is 0 Å². The molecule has 1 rings (SSSR count). The number of hydrogen-bond donors (Lipinski definition) is 0. The summed E-state index contributed by atoms with van der Waals surface area (Å²) in [6.45, 7) is 11.8. The minimum Gasteiger partial charge on any atom is -0.413 e. The first-order valence-corrected chi connectivity index (χ1v) is 12.7. The third-order valence-corrected chi connectivity index (χ3v) is 9.73. The first-order chi connectivity index (χ1) is 12.5. The van der Waals surface area contributed by atoms with Gasteiger partial charge in [-0.1, -0.05) is 69.3 Å². The van der Waals surface area contributed by atoms with Crippen molar-refractivity contribution in [1.82, 2.24) is 4.90 Å². The molecule has 0 saturated heterocycles. The molecule has 1 aromatic carbocycles. The fourth-order valence-corrected chi connectivity index (χ4v) is 3.17. The topological polar surface area (TPSA) is 29.5 Å². The molecule has 27 heavy (non-hydrogen) atoms. The van der Waals surface area contributed by atoms with Crippen molar-refractivity contribution in [2.45, 2.75) is 58.2 Å². The molecule has 0 aliphatic carbocycles. The number of allylic oxidation sites excluding steroid dienone is 2. The minimum absolute atomic E-state index is 0.112. The van der Waals surface area contributed by atoms with Gasteiger partial charge in [-0.25, -0.2) is 0 Å². The molecule has 0 N–H and O–H groups in total. The Morgan fingerprint density at radius 3 is 2.33 bits per heavy atom. The van der Waals surface area contributed by atoms with E-state index in [-0.39, 0.29) is 10.9 Å². The van der Waals surface area contributed by atoms with Gasteiger partial charge in [0.15, 0.2) is 8.32 Å². The summed E-state index contributed by atoms with van der Waals surface area (Å²) in [4.78, 5) is 13.8.